The van der Waals surface area contributed by atoms with E-state index in [2.05, 4.69) is 300 Å². The highest BCUT2D eigenvalue weighted by atomic mass is 15.2. The van der Waals surface area contributed by atoms with Crippen molar-refractivity contribution in [1.29, 1.82) is 0 Å². The van der Waals surface area contributed by atoms with Crippen molar-refractivity contribution in [2.75, 3.05) is 19.6 Å². The van der Waals surface area contributed by atoms with Gasteiger partial charge in [0.25, 0.3) is 0 Å². The molecule has 0 bridgehead atoms. The van der Waals surface area contributed by atoms with Gasteiger partial charge >= 0.3 is 0 Å². The van der Waals surface area contributed by atoms with Gasteiger partial charge in [-0.05, 0) is 171 Å². The van der Waals surface area contributed by atoms with Crippen LogP contribution < -0.4 is 19.6 Å². The molecule has 0 atom stereocenters. The van der Waals surface area contributed by atoms with Crippen LogP contribution in [0.2, 0.25) is 0 Å². The van der Waals surface area contributed by atoms with Gasteiger partial charge in [-0.1, -0.05) is 132 Å². The van der Waals surface area contributed by atoms with E-state index < -0.39 is 0 Å². The summed E-state index contributed by atoms with van der Waals surface area (Å²) in [6.45, 7) is 4.25. The largest absolute Gasteiger partial charge is 0.311 e. The molecule has 0 fully saturated rings. The molecule has 0 spiro atoms. The van der Waals surface area contributed by atoms with Crippen LogP contribution in [0.4, 0.5) is 68.2 Å². The minimum Gasteiger partial charge on any atom is -0.311 e. The maximum absolute atomic E-state index is 2.32. The predicted molar refractivity (Wildman–Crippen MR) is 280 cm³/mol. The molecule has 0 saturated carbocycles. The van der Waals surface area contributed by atoms with Crippen LogP contribution in [0.15, 0.2) is 267 Å². The minimum atomic E-state index is 1.08. The van der Waals surface area contributed by atoms with Gasteiger partial charge in [0.2, 0.25) is 0 Å². The Hall–Kier alpha value is -8.60. The molecule has 10 aromatic rings. The van der Waals surface area contributed by atoms with Crippen molar-refractivity contribution >= 4 is 68.2 Å². The molecule has 10 rings (SSSR count). The van der Waals surface area contributed by atoms with Crippen LogP contribution in [0.1, 0.15) is 11.1 Å². The third-order valence-corrected chi connectivity index (χ3v) is 12.0. The van der Waals surface area contributed by atoms with E-state index >= 15 is 0 Å². The number of hydrogen-bond donors (Lipinski definition) is 0. The van der Waals surface area contributed by atoms with Crippen molar-refractivity contribution in [1.82, 2.24) is 0 Å². The first-order chi connectivity index (χ1) is 32.6. The Labute approximate surface area is 389 Å². The molecule has 66 heavy (non-hydrogen) atoms. The Morgan fingerprint density at radius 2 is 0.318 bits per heavy atom. The Bertz CT molecular complexity index is 2870. The van der Waals surface area contributed by atoms with Gasteiger partial charge in [0.15, 0.2) is 0 Å². The standard InChI is InChI=1S/C62H50N4/c1-47-23-31-55(32-24-47)63(51-15-7-3-8-16-51)59-39-43-61(44-40-59)65(53-19-11-5-12-20-53)57-35-27-49(28-36-57)50-29-37-58(38-30-50)66(54-21-13-6-14-22-54)62-45-41-60(42-46-62)64(52-17-9-4-10-18-52)56-33-25-48(2)26-34-56/h3-46H,1-2H3. The summed E-state index contributed by atoms with van der Waals surface area (Å²) in [6, 6.07) is 95.2. The number of hydrogen-bond acceptors (Lipinski definition) is 4. The van der Waals surface area contributed by atoms with E-state index in [4.69, 9.17) is 0 Å². The fraction of sp³-hybridized carbons (Fsp3) is 0.0323. The molecule has 4 nitrogen and oxygen atoms in total. The smallest absolute Gasteiger partial charge is 0.0463 e. The van der Waals surface area contributed by atoms with Gasteiger partial charge in [0, 0.05) is 68.2 Å². The average molecular weight is 851 g/mol. The quantitative estimate of drug-likeness (QED) is 0.115. The lowest BCUT2D eigenvalue weighted by Gasteiger charge is -2.28. The van der Waals surface area contributed by atoms with Gasteiger partial charge < -0.3 is 19.6 Å². The van der Waals surface area contributed by atoms with Crippen molar-refractivity contribution in [3.05, 3.63) is 278 Å². The molecule has 0 aliphatic carbocycles. The SMILES string of the molecule is Cc1ccc(N(c2ccccc2)c2ccc(N(c3ccccc3)c3ccc(-c4ccc(N(c5ccccc5)c5ccc(N(c6ccccc6)c6ccc(C)cc6)cc5)cc4)cc3)cc2)cc1. The second-order valence-corrected chi connectivity index (χ2v) is 16.5. The topological polar surface area (TPSA) is 13.0 Å². The first-order valence-corrected chi connectivity index (χ1v) is 22.5. The number of anilines is 12. The Balaban J connectivity index is 0.931. The molecule has 0 aliphatic heterocycles. The van der Waals surface area contributed by atoms with Crippen LogP contribution in [0.5, 0.6) is 0 Å². The summed E-state index contributed by atoms with van der Waals surface area (Å²) in [4.78, 5) is 9.24. The third-order valence-electron chi connectivity index (χ3n) is 12.0. The molecule has 0 aromatic heterocycles. The van der Waals surface area contributed by atoms with Crippen molar-refractivity contribution in [3.63, 3.8) is 0 Å². The van der Waals surface area contributed by atoms with E-state index in [9.17, 15) is 0 Å². The molecule has 0 aliphatic rings. The highest BCUT2D eigenvalue weighted by Crippen LogP contribution is 2.42. The van der Waals surface area contributed by atoms with E-state index in [-0.39, 0.29) is 0 Å². The normalized spacial score (nSPS) is 10.9. The minimum absolute atomic E-state index is 1.08. The lowest BCUT2D eigenvalue weighted by Crippen LogP contribution is -2.12. The third kappa shape index (κ3) is 8.94. The van der Waals surface area contributed by atoms with Crippen LogP contribution in [0.3, 0.4) is 0 Å². The van der Waals surface area contributed by atoms with Gasteiger partial charge in [-0.15, -0.1) is 0 Å². The Kier molecular flexibility index (Phi) is 11.9. The summed E-state index contributed by atoms with van der Waals surface area (Å²) in [5.74, 6) is 0. The fourth-order valence-electron chi connectivity index (χ4n) is 8.59. The van der Waals surface area contributed by atoms with E-state index in [1.807, 2.05) is 0 Å². The zero-order valence-corrected chi connectivity index (χ0v) is 37.2. The maximum Gasteiger partial charge on any atom is 0.0463 e. The molecular weight excluding hydrogens is 801 g/mol. The zero-order chi connectivity index (χ0) is 44.7. The molecule has 4 heteroatoms. The van der Waals surface area contributed by atoms with Crippen LogP contribution in [-0.2, 0) is 0 Å². The first kappa shape index (κ1) is 41.4. The van der Waals surface area contributed by atoms with Crippen molar-refractivity contribution in [3.8, 4) is 11.1 Å². The van der Waals surface area contributed by atoms with Crippen molar-refractivity contribution in [2.24, 2.45) is 0 Å². The van der Waals surface area contributed by atoms with E-state index in [1.165, 1.54) is 11.1 Å². The van der Waals surface area contributed by atoms with Crippen LogP contribution in [0, 0.1) is 13.8 Å². The van der Waals surface area contributed by atoms with Gasteiger partial charge in [-0.3, -0.25) is 0 Å². The summed E-state index contributed by atoms with van der Waals surface area (Å²) < 4.78 is 0. The van der Waals surface area contributed by atoms with Gasteiger partial charge in [0.1, 0.15) is 0 Å². The monoisotopic (exact) mass is 850 g/mol. The van der Waals surface area contributed by atoms with Crippen molar-refractivity contribution in [2.45, 2.75) is 13.8 Å². The van der Waals surface area contributed by atoms with Gasteiger partial charge in [-0.25, -0.2) is 0 Å². The maximum atomic E-state index is 2.32. The lowest BCUT2D eigenvalue weighted by molar-refractivity contribution is 1.25. The number of benzene rings is 10. The summed E-state index contributed by atoms with van der Waals surface area (Å²) >= 11 is 0. The molecule has 10 aromatic carbocycles. The predicted octanol–water partition coefficient (Wildman–Crippen LogP) is 17.8. The molecular formula is C62H50N4. The molecule has 0 radical (unpaired) electrons. The number of aryl methyl sites for hydroxylation is 2. The summed E-state index contributed by atoms with van der Waals surface area (Å²) in [5.41, 5.74) is 18.0. The van der Waals surface area contributed by atoms with Gasteiger partial charge in [0.05, 0.1) is 0 Å². The van der Waals surface area contributed by atoms with E-state index in [1.54, 1.807) is 0 Å². The Morgan fingerprint density at radius 1 is 0.167 bits per heavy atom. The highest BCUT2D eigenvalue weighted by molar-refractivity contribution is 5.84. The molecule has 0 N–H and O–H groups in total. The average Bonchev–Trinajstić information content (AvgIpc) is 3.38. The zero-order valence-electron chi connectivity index (χ0n) is 37.2. The molecule has 0 amide bonds. The van der Waals surface area contributed by atoms with E-state index in [0.29, 0.717) is 0 Å². The highest BCUT2D eigenvalue weighted by Gasteiger charge is 2.18. The molecule has 0 heterocycles. The van der Waals surface area contributed by atoms with Crippen molar-refractivity contribution < 1.29 is 0 Å². The summed E-state index contributed by atoms with van der Waals surface area (Å²) in [7, 11) is 0. The number of nitrogens with zero attached hydrogens (tertiary/aromatic N) is 4. The molecule has 318 valence electrons. The molecule has 0 unspecified atom stereocenters. The lowest BCUT2D eigenvalue weighted by atomic mass is 10.0. The van der Waals surface area contributed by atoms with Crippen LogP contribution in [0.25, 0.3) is 11.1 Å². The van der Waals surface area contributed by atoms with Gasteiger partial charge in [-0.2, -0.15) is 0 Å². The summed E-state index contributed by atoms with van der Waals surface area (Å²) in [6.07, 6.45) is 0. The second kappa shape index (κ2) is 19.0. The number of para-hydroxylation sites is 4. The molecule has 0 saturated heterocycles. The van der Waals surface area contributed by atoms with E-state index in [0.717, 1.165) is 79.4 Å². The Morgan fingerprint density at radius 3 is 0.515 bits per heavy atom. The number of rotatable bonds is 13. The summed E-state index contributed by atoms with van der Waals surface area (Å²) in [5, 5.41) is 0. The second-order valence-electron chi connectivity index (χ2n) is 16.5. The first-order valence-electron chi connectivity index (χ1n) is 22.5. The fourth-order valence-corrected chi connectivity index (χ4v) is 8.59. The van der Waals surface area contributed by atoms with Crippen LogP contribution >= 0.6 is 0 Å². The van der Waals surface area contributed by atoms with Crippen LogP contribution in [-0.4, -0.2) is 0 Å².